The molecule has 0 fully saturated rings. The van der Waals surface area contributed by atoms with Crippen molar-refractivity contribution in [2.45, 2.75) is 19.4 Å². The molecule has 6 heteroatoms. The Hall–Kier alpha value is -1.82. The lowest BCUT2D eigenvalue weighted by Crippen LogP contribution is -2.36. The Morgan fingerprint density at radius 1 is 1.50 bits per heavy atom. The quantitative estimate of drug-likeness (QED) is 0.752. The summed E-state index contributed by atoms with van der Waals surface area (Å²) < 4.78 is 0. The van der Waals surface area contributed by atoms with E-state index in [1.54, 1.807) is 17.8 Å². The molecule has 0 saturated heterocycles. The standard InChI is InChI=1S/C14H18N2O3S/c1-3-12(9-20-2)16-14(19)11-6-10(7-15-8-11)4-5-13(17)18/h4-8,12H,3,9H2,1-2H3,(H,16,19)(H,17,18)/b5-4+. The van der Waals surface area contributed by atoms with Gasteiger partial charge in [-0.3, -0.25) is 9.78 Å². The molecule has 0 bridgehead atoms. The van der Waals surface area contributed by atoms with Gasteiger partial charge in [-0.05, 0) is 30.4 Å². The van der Waals surface area contributed by atoms with Crippen LogP contribution in [0.2, 0.25) is 0 Å². The Bertz CT molecular complexity index is 503. The fraction of sp³-hybridized carbons (Fsp3) is 0.357. The van der Waals surface area contributed by atoms with Crippen LogP contribution in [-0.2, 0) is 4.79 Å². The highest BCUT2D eigenvalue weighted by Gasteiger charge is 2.12. The van der Waals surface area contributed by atoms with Crippen molar-refractivity contribution in [1.29, 1.82) is 0 Å². The molecule has 0 radical (unpaired) electrons. The molecule has 0 aliphatic carbocycles. The molecule has 2 N–H and O–H groups in total. The molecular formula is C14H18N2O3S. The Labute approximate surface area is 122 Å². The third-order valence-electron chi connectivity index (χ3n) is 2.64. The maximum Gasteiger partial charge on any atom is 0.328 e. The van der Waals surface area contributed by atoms with Crippen molar-refractivity contribution in [2.24, 2.45) is 0 Å². The van der Waals surface area contributed by atoms with E-state index in [1.165, 1.54) is 18.5 Å². The van der Waals surface area contributed by atoms with E-state index in [1.807, 2.05) is 13.2 Å². The minimum absolute atomic E-state index is 0.121. The van der Waals surface area contributed by atoms with E-state index >= 15 is 0 Å². The van der Waals surface area contributed by atoms with Gasteiger partial charge in [-0.15, -0.1) is 0 Å². The van der Waals surface area contributed by atoms with E-state index in [0.29, 0.717) is 11.1 Å². The summed E-state index contributed by atoms with van der Waals surface area (Å²) in [6.07, 6.45) is 8.26. The third kappa shape index (κ3) is 5.44. The van der Waals surface area contributed by atoms with Crippen LogP contribution in [0, 0.1) is 0 Å². The van der Waals surface area contributed by atoms with Crippen LogP contribution in [0.4, 0.5) is 0 Å². The minimum Gasteiger partial charge on any atom is -0.478 e. The molecule has 0 aliphatic heterocycles. The summed E-state index contributed by atoms with van der Waals surface area (Å²) in [5, 5.41) is 11.5. The van der Waals surface area contributed by atoms with Crippen LogP contribution in [0.3, 0.4) is 0 Å². The number of nitrogens with zero attached hydrogens (tertiary/aromatic N) is 1. The van der Waals surface area contributed by atoms with Gasteiger partial charge in [0.05, 0.1) is 5.56 Å². The number of aliphatic carboxylic acids is 1. The number of carbonyl (C=O) groups is 2. The van der Waals surface area contributed by atoms with Crippen molar-refractivity contribution in [3.8, 4) is 0 Å². The predicted octanol–water partition coefficient (Wildman–Crippen LogP) is 2.05. The molecule has 0 aliphatic rings. The number of hydrogen-bond acceptors (Lipinski definition) is 4. The zero-order valence-electron chi connectivity index (χ0n) is 11.5. The van der Waals surface area contributed by atoms with E-state index < -0.39 is 5.97 Å². The Kier molecular flexibility index (Phi) is 6.79. The molecule has 1 amide bonds. The highest BCUT2D eigenvalue weighted by atomic mass is 32.2. The molecule has 1 atom stereocenters. The highest BCUT2D eigenvalue weighted by molar-refractivity contribution is 7.98. The highest BCUT2D eigenvalue weighted by Crippen LogP contribution is 2.07. The number of amides is 1. The fourth-order valence-electron chi connectivity index (χ4n) is 1.57. The molecule has 5 nitrogen and oxygen atoms in total. The summed E-state index contributed by atoms with van der Waals surface area (Å²) in [7, 11) is 0. The Balaban J connectivity index is 2.78. The number of hydrogen-bond donors (Lipinski definition) is 2. The van der Waals surface area contributed by atoms with Gasteiger partial charge in [-0.25, -0.2) is 4.79 Å². The van der Waals surface area contributed by atoms with Crippen LogP contribution in [-0.4, -0.2) is 40.0 Å². The van der Waals surface area contributed by atoms with Crippen molar-refractivity contribution < 1.29 is 14.7 Å². The van der Waals surface area contributed by atoms with Crippen LogP contribution in [0.1, 0.15) is 29.3 Å². The number of aromatic nitrogens is 1. The van der Waals surface area contributed by atoms with Gasteiger partial charge in [0.1, 0.15) is 0 Å². The summed E-state index contributed by atoms with van der Waals surface area (Å²) in [6.45, 7) is 2.02. The van der Waals surface area contributed by atoms with Gasteiger partial charge in [-0.1, -0.05) is 6.92 Å². The van der Waals surface area contributed by atoms with Gasteiger partial charge < -0.3 is 10.4 Å². The summed E-state index contributed by atoms with van der Waals surface area (Å²) in [5.74, 6) is -0.372. The van der Waals surface area contributed by atoms with Gasteiger partial charge in [0.15, 0.2) is 0 Å². The first-order chi connectivity index (χ1) is 9.56. The summed E-state index contributed by atoms with van der Waals surface area (Å²) in [6, 6.07) is 1.74. The van der Waals surface area contributed by atoms with Crippen LogP contribution in [0.25, 0.3) is 6.08 Å². The Morgan fingerprint density at radius 3 is 2.85 bits per heavy atom. The molecule has 1 rings (SSSR count). The lowest BCUT2D eigenvalue weighted by molar-refractivity contribution is -0.131. The number of carboxylic acids is 1. The van der Waals surface area contributed by atoms with E-state index in [4.69, 9.17) is 5.11 Å². The van der Waals surface area contributed by atoms with Crippen molar-refractivity contribution in [2.75, 3.05) is 12.0 Å². The maximum absolute atomic E-state index is 12.1. The van der Waals surface area contributed by atoms with E-state index in [2.05, 4.69) is 10.3 Å². The van der Waals surface area contributed by atoms with Crippen molar-refractivity contribution >= 4 is 29.7 Å². The predicted molar refractivity (Wildman–Crippen MR) is 80.8 cm³/mol. The van der Waals surface area contributed by atoms with Gasteiger partial charge in [0.25, 0.3) is 5.91 Å². The lowest BCUT2D eigenvalue weighted by Gasteiger charge is -2.15. The number of rotatable bonds is 7. The second-order valence-corrected chi connectivity index (χ2v) is 5.12. The average Bonchev–Trinajstić information content (AvgIpc) is 2.44. The molecule has 20 heavy (non-hydrogen) atoms. The van der Waals surface area contributed by atoms with E-state index in [-0.39, 0.29) is 11.9 Å². The largest absolute Gasteiger partial charge is 0.478 e. The van der Waals surface area contributed by atoms with Gasteiger partial charge in [0.2, 0.25) is 0 Å². The zero-order chi connectivity index (χ0) is 15.0. The van der Waals surface area contributed by atoms with Crippen molar-refractivity contribution in [3.05, 3.63) is 35.7 Å². The molecule has 1 unspecified atom stereocenters. The second kappa shape index (κ2) is 8.37. The molecule has 1 heterocycles. The Morgan fingerprint density at radius 2 is 2.25 bits per heavy atom. The summed E-state index contributed by atoms with van der Waals surface area (Å²) >= 11 is 1.68. The van der Waals surface area contributed by atoms with Crippen LogP contribution < -0.4 is 5.32 Å². The van der Waals surface area contributed by atoms with Crippen LogP contribution >= 0.6 is 11.8 Å². The second-order valence-electron chi connectivity index (χ2n) is 4.21. The van der Waals surface area contributed by atoms with Crippen LogP contribution in [0.5, 0.6) is 0 Å². The molecule has 0 aromatic carbocycles. The fourth-order valence-corrected chi connectivity index (χ4v) is 2.29. The molecule has 1 aromatic rings. The first kappa shape index (κ1) is 16.2. The first-order valence-corrected chi connectivity index (χ1v) is 7.62. The topological polar surface area (TPSA) is 79.3 Å². The molecule has 0 saturated carbocycles. The first-order valence-electron chi connectivity index (χ1n) is 6.22. The monoisotopic (exact) mass is 294 g/mol. The van der Waals surface area contributed by atoms with Gasteiger partial charge >= 0.3 is 5.97 Å². The maximum atomic E-state index is 12.1. The molecule has 108 valence electrons. The third-order valence-corrected chi connectivity index (χ3v) is 3.37. The zero-order valence-corrected chi connectivity index (χ0v) is 12.3. The number of nitrogens with one attached hydrogen (secondary N) is 1. The summed E-state index contributed by atoms with van der Waals surface area (Å²) in [4.78, 5) is 26.5. The smallest absolute Gasteiger partial charge is 0.328 e. The van der Waals surface area contributed by atoms with E-state index in [9.17, 15) is 9.59 Å². The lowest BCUT2D eigenvalue weighted by atomic mass is 10.1. The number of carbonyl (C=O) groups excluding carboxylic acids is 1. The van der Waals surface area contributed by atoms with Crippen LogP contribution in [0.15, 0.2) is 24.5 Å². The molecule has 0 spiro atoms. The SMILES string of the molecule is CCC(CSC)NC(=O)c1cncc(/C=C/C(=O)O)c1. The van der Waals surface area contributed by atoms with Crippen molar-refractivity contribution in [3.63, 3.8) is 0 Å². The van der Waals surface area contributed by atoms with Gasteiger partial charge in [-0.2, -0.15) is 11.8 Å². The average molecular weight is 294 g/mol. The normalized spacial score (nSPS) is 12.3. The minimum atomic E-state index is -1.04. The van der Waals surface area contributed by atoms with Gasteiger partial charge in [0, 0.05) is 30.3 Å². The summed E-state index contributed by atoms with van der Waals surface area (Å²) in [5.41, 5.74) is 1.01. The van der Waals surface area contributed by atoms with E-state index in [0.717, 1.165) is 18.2 Å². The number of thioether (sulfide) groups is 1. The molecular weight excluding hydrogens is 276 g/mol. The molecule has 1 aromatic heterocycles. The number of carboxylic acid groups (broad SMARTS) is 1. The van der Waals surface area contributed by atoms with Crippen molar-refractivity contribution in [1.82, 2.24) is 10.3 Å². The number of pyridine rings is 1.